The third-order valence-corrected chi connectivity index (χ3v) is 7.11. The van der Waals surface area contributed by atoms with Crippen LogP contribution in [-0.4, -0.2) is 22.8 Å². The third-order valence-electron chi connectivity index (χ3n) is 6.13. The van der Waals surface area contributed by atoms with Crippen molar-refractivity contribution < 1.29 is 13.9 Å². The molecular weight excluding hydrogens is 489 g/mol. The standard InChI is InChI=1S/C28H22FN5O2S/c1-35-20-13-23-27(32-15-20)24(10-11-31-23)36-19-8-6-18(7-9-19)34-28(30)22-5-3-2-4-21(22)26(33-34)25-12-17(14-29)16-37-25/h2-13,15-16,28H,14,30H2,1H3. The molecule has 0 saturated carbocycles. The number of alkyl halides is 1. The van der Waals surface area contributed by atoms with Crippen LogP contribution in [-0.2, 0) is 6.67 Å². The maximum absolute atomic E-state index is 13.2. The van der Waals surface area contributed by atoms with E-state index in [0.29, 0.717) is 33.8 Å². The Morgan fingerprint density at radius 3 is 2.65 bits per heavy atom. The number of methoxy groups -OCH3 is 1. The molecule has 0 radical (unpaired) electrons. The van der Waals surface area contributed by atoms with Crippen LogP contribution in [0.3, 0.4) is 0 Å². The lowest BCUT2D eigenvalue weighted by Crippen LogP contribution is -2.36. The molecule has 1 aliphatic heterocycles. The molecule has 2 N–H and O–H groups in total. The summed E-state index contributed by atoms with van der Waals surface area (Å²) in [6.07, 6.45) is 2.83. The van der Waals surface area contributed by atoms with Crippen molar-refractivity contribution >= 4 is 33.8 Å². The molecule has 0 bridgehead atoms. The van der Waals surface area contributed by atoms with E-state index in [0.717, 1.165) is 27.4 Å². The fourth-order valence-electron chi connectivity index (χ4n) is 4.27. The van der Waals surface area contributed by atoms with E-state index in [4.69, 9.17) is 20.3 Å². The van der Waals surface area contributed by atoms with Crippen molar-refractivity contribution in [2.75, 3.05) is 12.1 Å². The van der Waals surface area contributed by atoms with Crippen molar-refractivity contribution in [3.63, 3.8) is 0 Å². The largest absolute Gasteiger partial charge is 0.495 e. The molecule has 6 rings (SSSR count). The lowest BCUT2D eigenvalue weighted by atomic mass is 9.97. The first kappa shape index (κ1) is 23.1. The number of hydrogen-bond donors (Lipinski definition) is 1. The van der Waals surface area contributed by atoms with Crippen molar-refractivity contribution in [1.29, 1.82) is 0 Å². The maximum atomic E-state index is 13.2. The first-order valence-corrected chi connectivity index (χ1v) is 12.5. The van der Waals surface area contributed by atoms with E-state index in [2.05, 4.69) is 9.97 Å². The van der Waals surface area contributed by atoms with Crippen LogP contribution in [0, 0.1) is 0 Å². The zero-order chi connectivity index (χ0) is 25.4. The molecule has 4 heterocycles. The Kier molecular flexibility index (Phi) is 5.99. The summed E-state index contributed by atoms with van der Waals surface area (Å²) in [5.41, 5.74) is 12.1. The molecule has 0 fully saturated rings. The Bertz CT molecular complexity index is 1620. The minimum Gasteiger partial charge on any atom is -0.495 e. The lowest BCUT2D eigenvalue weighted by Gasteiger charge is -2.33. The quantitative estimate of drug-likeness (QED) is 0.293. The molecule has 7 nitrogen and oxygen atoms in total. The van der Waals surface area contributed by atoms with Gasteiger partial charge in [0, 0.05) is 29.5 Å². The van der Waals surface area contributed by atoms with Crippen molar-refractivity contribution in [1.82, 2.24) is 9.97 Å². The second-order valence-corrected chi connectivity index (χ2v) is 9.34. The van der Waals surface area contributed by atoms with Crippen LogP contribution in [0.25, 0.3) is 11.0 Å². The van der Waals surface area contributed by atoms with Crippen LogP contribution >= 0.6 is 11.3 Å². The Hall–Kier alpha value is -4.34. The van der Waals surface area contributed by atoms with Gasteiger partial charge in [0.15, 0.2) is 5.75 Å². The van der Waals surface area contributed by atoms with Crippen molar-refractivity contribution in [3.05, 3.63) is 106 Å². The molecule has 1 atom stereocenters. The molecule has 5 aromatic rings. The van der Waals surface area contributed by atoms with E-state index in [1.54, 1.807) is 30.6 Å². The number of aromatic nitrogens is 2. The van der Waals surface area contributed by atoms with Gasteiger partial charge < -0.3 is 15.2 Å². The van der Waals surface area contributed by atoms with Gasteiger partial charge in [-0.1, -0.05) is 24.3 Å². The predicted molar refractivity (Wildman–Crippen MR) is 143 cm³/mol. The number of anilines is 1. The first-order valence-electron chi connectivity index (χ1n) is 11.6. The minimum absolute atomic E-state index is 0.476. The normalized spacial score (nSPS) is 14.8. The predicted octanol–water partition coefficient (Wildman–Crippen LogP) is 6.19. The van der Waals surface area contributed by atoms with Crippen molar-refractivity contribution in [3.8, 4) is 17.2 Å². The number of pyridine rings is 2. The molecule has 0 aliphatic carbocycles. The summed E-state index contributed by atoms with van der Waals surface area (Å²) in [4.78, 5) is 9.69. The summed E-state index contributed by atoms with van der Waals surface area (Å²) < 4.78 is 24.6. The number of nitrogens with two attached hydrogens (primary N) is 1. The summed E-state index contributed by atoms with van der Waals surface area (Å²) in [5.74, 6) is 1.85. The van der Waals surface area contributed by atoms with Gasteiger partial charge in [-0.15, -0.1) is 11.3 Å². The zero-order valence-corrected chi connectivity index (χ0v) is 20.7. The van der Waals surface area contributed by atoms with E-state index < -0.39 is 12.8 Å². The number of hydrogen-bond acceptors (Lipinski definition) is 8. The van der Waals surface area contributed by atoms with Gasteiger partial charge in [0.2, 0.25) is 0 Å². The highest BCUT2D eigenvalue weighted by Crippen LogP contribution is 2.36. The van der Waals surface area contributed by atoms with E-state index in [1.807, 2.05) is 66.0 Å². The maximum Gasteiger partial charge on any atom is 0.156 e. The molecule has 37 heavy (non-hydrogen) atoms. The van der Waals surface area contributed by atoms with Crippen LogP contribution in [0.4, 0.5) is 10.1 Å². The van der Waals surface area contributed by atoms with Crippen LogP contribution in [0.1, 0.15) is 27.7 Å². The summed E-state index contributed by atoms with van der Waals surface area (Å²) in [5, 5.41) is 8.51. The van der Waals surface area contributed by atoms with E-state index in [9.17, 15) is 4.39 Å². The average Bonchev–Trinajstić information content (AvgIpc) is 3.43. The Morgan fingerprint density at radius 1 is 1.03 bits per heavy atom. The summed E-state index contributed by atoms with van der Waals surface area (Å²) in [6.45, 7) is -0.508. The monoisotopic (exact) mass is 511 g/mol. The van der Waals surface area contributed by atoms with Gasteiger partial charge in [-0.3, -0.25) is 4.98 Å². The van der Waals surface area contributed by atoms with E-state index in [-0.39, 0.29) is 0 Å². The average molecular weight is 512 g/mol. The fourth-order valence-corrected chi connectivity index (χ4v) is 5.16. The second-order valence-electron chi connectivity index (χ2n) is 8.43. The van der Waals surface area contributed by atoms with E-state index >= 15 is 0 Å². The van der Waals surface area contributed by atoms with Gasteiger partial charge in [0.05, 0.1) is 29.4 Å². The minimum atomic E-state index is -0.508. The summed E-state index contributed by atoms with van der Waals surface area (Å²) in [7, 11) is 1.59. The van der Waals surface area contributed by atoms with E-state index in [1.165, 1.54) is 11.3 Å². The number of thiophene rings is 1. The number of rotatable bonds is 6. The topological polar surface area (TPSA) is 85.9 Å². The Morgan fingerprint density at radius 2 is 1.86 bits per heavy atom. The molecular formula is C28H22FN5O2S. The number of benzene rings is 2. The van der Waals surface area contributed by atoms with Crippen LogP contribution < -0.4 is 20.2 Å². The molecule has 0 amide bonds. The van der Waals surface area contributed by atoms with Crippen LogP contribution in [0.2, 0.25) is 0 Å². The Balaban J connectivity index is 1.32. The fraction of sp³-hybridized carbons (Fsp3) is 0.107. The molecule has 1 aliphatic rings. The molecule has 0 spiro atoms. The van der Waals surface area contributed by atoms with Crippen molar-refractivity contribution in [2.24, 2.45) is 10.8 Å². The highest BCUT2D eigenvalue weighted by Gasteiger charge is 2.28. The number of nitrogens with zero attached hydrogens (tertiary/aromatic N) is 4. The zero-order valence-electron chi connectivity index (χ0n) is 19.8. The molecule has 0 saturated heterocycles. The third kappa shape index (κ3) is 4.28. The molecule has 9 heteroatoms. The molecule has 3 aromatic heterocycles. The smallest absolute Gasteiger partial charge is 0.156 e. The lowest BCUT2D eigenvalue weighted by molar-refractivity contribution is 0.413. The highest BCUT2D eigenvalue weighted by molar-refractivity contribution is 7.12. The molecule has 1 unspecified atom stereocenters. The van der Waals surface area contributed by atoms with Gasteiger partial charge in [-0.05, 0) is 41.3 Å². The number of fused-ring (bicyclic) bond motifs is 2. The summed E-state index contributed by atoms with van der Waals surface area (Å²) >= 11 is 1.47. The SMILES string of the molecule is COc1cnc2c(Oc3ccc(N4N=C(c5cc(CF)cs5)c5ccccc5C4N)cc3)ccnc2c1. The molecule has 184 valence electrons. The van der Waals surface area contributed by atoms with Crippen molar-refractivity contribution in [2.45, 2.75) is 12.8 Å². The van der Waals surface area contributed by atoms with Crippen LogP contribution in [0.15, 0.2) is 89.6 Å². The van der Waals surface area contributed by atoms with Gasteiger partial charge >= 0.3 is 0 Å². The summed E-state index contributed by atoms with van der Waals surface area (Å²) in [6, 6.07) is 20.9. The number of hydrazone groups is 1. The first-order chi connectivity index (χ1) is 18.1. The van der Waals surface area contributed by atoms with Gasteiger partial charge in [-0.2, -0.15) is 5.10 Å². The van der Waals surface area contributed by atoms with Gasteiger partial charge in [-0.25, -0.2) is 14.4 Å². The number of ether oxygens (including phenoxy) is 2. The second kappa shape index (κ2) is 9.61. The Labute approximate surface area is 216 Å². The van der Waals surface area contributed by atoms with Crippen LogP contribution in [0.5, 0.6) is 17.2 Å². The van der Waals surface area contributed by atoms with Gasteiger partial charge in [0.25, 0.3) is 0 Å². The highest BCUT2D eigenvalue weighted by atomic mass is 32.1. The van der Waals surface area contributed by atoms with Gasteiger partial charge in [0.1, 0.15) is 35.6 Å². The molecule has 2 aromatic carbocycles. The number of halogens is 1.